The minimum absolute atomic E-state index is 0.152. The Morgan fingerprint density at radius 3 is 2.94 bits per heavy atom. The van der Waals surface area contributed by atoms with Gasteiger partial charge in [0.15, 0.2) is 0 Å². The molecule has 17 heavy (non-hydrogen) atoms. The smallest absolute Gasteiger partial charge is 0.307 e. The Kier molecular flexibility index (Phi) is 6.15. The van der Waals surface area contributed by atoms with Gasteiger partial charge in [0.05, 0.1) is 23.7 Å². The normalized spacial score (nSPS) is 10.8. The molecule has 0 aromatic carbocycles. The topological polar surface area (TPSA) is 51.2 Å². The number of carbonyl (C=O) groups is 1. The molecule has 0 spiro atoms. The first-order chi connectivity index (χ1) is 8.13. The second-order valence-corrected chi connectivity index (χ2v) is 4.95. The van der Waals surface area contributed by atoms with Crippen molar-refractivity contribution in [2.75, 3.05) is 13.2 Å². The number of nitrogens with one attached hydrogen (secondary N) is 1. The molecule has 1 rings (SSSR count). The van der Waals surface area contributed by atoms with Crippen LogP contribution >= 0.6 is 11.3 Å². The van der Waals surface area contributed by atoms with Crippen LogP contribution in [0.5, 0.6) is 0 Å². The molecule has 96 valence electrons. The van der Waals surface area contributed by atoms with Crippen molar-refractivity contribution in [1.82, 2.24) is 10.3 Å². The molecular weight excluding hydrogens is 236 g/mol. The van der Waals surface area contributed by atoms with Crippen molar-refractivity contribution in [3.63, 3.8) is 0 Å². The maximum Gasteiger partial charge on any atom is 0.307 e. The fourth-order valence-electron chi connectivity index (χ4n) is 1.31. The molecule has 0 saturated heterocycles. The largest absolute Gasteiger partial charge is 0.466 e. The Hall–Kier alpha value is -0.940. The van der Waals surface area contributed by atoms with Crippen LogP contribution in [0.15, 0.2) is 5.38 Å². The SMILES string of the molecule is CCOC(=O)CCNCc1csc(C(C)C)n1. The zero-order chi connectivity index (χ0) is 12.7. The lowest BCUT2D eigenvalue weighted by molar-refractivity contribution is -0.142. The molecule has 1 N–H and O–H groups in total. The van der Waals surface area contributed by atoms with Gasteiger partial charge in [-0.25, -0.2) is 4.98 Å². The molecule has 4 nitrogen and oxygen atoms in total. The fourth-order valence-corrected chi connectivity index (χ4v) is 2.14. The van der Waals surface area contributed by atoms with E-state index in [1.54, 1.807) is 11.3 Å². The Labute approximate surface area is 106 Å². The van der Waals surface area contributed by atoms with Crippen molar-refractivity contribution in [3.05, 3.63) is 16.1 Å². The Morgan fingerprint density at radius 1 is 1.59 bits per heavy atom. The summed E-state index contributed by atoms with van der Waals surface area (Å²) in [6.45, 7) is 7.88. The van der Waals surface area contributed by atoms with Gasteiger partial charge >= 0.3 is 5.97 Å². The van der Waals surface area contributed by atoms with E-state index >= 15 is 0 Å². The van der Waals surface area contributed by atoms with Crippen LogP contribution in [-0.4, -0.2) is 24.1 Å². The van der Waals surface area contributed by atoms with Crippen molar-refractivity contribution >= 4 is 17.3 Å². The number of hydrogen-bond donors (Lipinski definition) is 1. The highest BCUT2D eigenvalue weighted by Crippen LogP contribution is 2.18. The van der Waals surface area contributed by atoms with Crippen LogP contribution in [0.3, 0.4) is 0 Å². The zero-order valence-electron chi connectivity index (χ0n) is 10.7. The molecule has 5 heteroatoms. The number of esters is 1. The first-order valence-corrected chi connectivity index (χ1v) is 6.82. The van der Waals surface area contributed by atoms with E-state index in [-0.39, 0.29) is 5.97 Å². The highest BCUT2D eigenvalue weighted by Gasteiger charge is 2.05. The van der Waals surface area contributed by atoms with Gasteiger partial charge in [-0.1, -0.05) is 13.8 Å². The summed E-state index contributed by atoms with van der Waals surface area (Å²) < 4.78 is 4.84. The van der Waals surface area contributed by atoms with Crippen molar-refractivity contribution in [3.8, 4) is 0 Å². The molecule has 1 aromatic heterocycles. The van der Waals surface area contributed by atoms with Crippen molar-refractivity contribution in [2.45, 2.75) is 39.7 Å². The summed E-state index contributed by atoms with van der Waals surface area (Å²) in [7, 11) is 0. The van der Waals surface area contributed by atoms with E-state index in [0.717, 1.165) is 10.7 Å². The van der Waals surface area contributed by atoms with E-state index in [1.165, 1.54) is 0 Å². The van der Waals surface area contributed by atoms with Crippen LogP contribution in [0.2, 0.25) is 0 Å². The van der Waals surface area contributed by atoms with Crippen molar-refractivity contribution in [1.29, 1.82) is 0 Å². The molecule has 0 saturated carbocycles. The number of thiazole rings is 1. The van der Waals surface area contributed by atoms with Gasteiger partial charge in [0.25, 0.3) is 0 Å². The highest BCUT2D eigenvalue weighted by atomic mass is 32.1. The van der Waals surface area contributed by atoms with Crippen LogP contribution in [0.25, 0.3) is 0 Å². The van der Waals surface area contributed by atoms with Gasteiger partial charge in [0, 0.05) is 24.4 Å². The molecule has 0 aliphatic rings. The summed E-state index contributed by atoms with van der Waals surface area (Å²) in [6.07, 6.45) is 0.412. The number of rotatable bonds is 7. The highest BCUT2D eigenvalue weighted by molar-refractivity contribution is 7.09. The fraction of sp³-hybridized carbons (Fsp3) is 0.667. The number of nitrogens with zero attached hydrogens (tertiary/aromatic N) is 1. The summed E-state index contributed by atoms with van der Waals surface area (Å²) >= 11 is 1.69. The van der Waals surface area contributed by atoms with E-state index < -0.39 is 0 Å². The summed E-state index contributed by atoms with van der Waals surface area (Å²) in [5.74, 6) is 0.328. The van der Waals surface area contributed by atoms with Gasteiger partial charge in [-0.15, -0.1) is 11.3 Å². The molecule has 0 radical (unpaired) electrons. The summed E-state index contributed by atoms with van der Waals surface area (Å²) in [6, 6.07) is 0. The van der Waals surface area contributed by atoms with E-state index in [4.69, 9.17) is 4.74 Å². The average molecular weight is 256 g/mol. The van der Waals surface area contributed by atoms with Gasteiger partial charge in [-0.05, 0) is 6.92 Å². The number of carbonyl (C=O) groups excluding carboxylic acids is 1. The number of hydrogen-bond acceptors (Lipinski definition) is 5. The summed E-state index contributed by atoms with van der Waals surface area (Å²) in [5.41, 5.74) is 1.04. The van der Waals surface area contributed by atoms with E-state index in [9.17, 15) is 4.79 Å². The summed E-state index contributed by atoms with van der Waals surface area (Å²) in [5, 5.41) is 6.41. The van der Waals surface area contributed by atoms with E-state index in [2.05, 4.69) is 29.5 Å². The monoisotopic (exact) mass is 256 g/mol. The predicted octanol–water partition coefficient (Wildman–Crippen LogP) is 2.31. The van der Waals surface area contributed by atoms with Crippen LogP contribution in [-0.2, 0) is 16.1 Å². The molecular formula is C12H20N2O2S. The van der Waals surface area contributed by atoms with Crippen LogP contribution in [0, 0.1) is 0 Å². The zero-order valence-corrected chi connectivity index (χ0v) is 11.5. The van der Waals surface area contributed by atoms with Crippen LogP contribution in [0.1, 0.15) is 43.8 Å². The minimum Gasteiger partial charge on any atom is -0.466 e. The lowest BCUT2D eigenvalue weighted by Crippen LogP contribution is -2.19. The molecule has 0 unspecified atom stereocenters. The van der Waals surface area contributed by atoms with Gasteiger partial charge in [0.1, 0.15) is 0 Å². The van der Waals surface area contributed by atoms with Gasteiger partial charge in [-0.3, -0.25) is 4.79 Å². The first-order valence-electron chi connectivity index (χ1n) is 5.94. The second-order valence-electron chi connectivity index (χ2n) is 4.06. The molecule has 0 aliphatic carbocycles. The molecule has 1 aromatic rings. The Morgan fingerprint density at radius 2 is 2.35 bits per heavy atom. The van der Waals surface area contributed by atoms with E-state index in [1.807, 2.05) is 6.92 Å². The molecule has 0 atom stereocenters. The van der Waals surface area contributed by atoms with Crippen molar-refractivity contribution < 1.29 is 9.53 Å². The van der Waals surface area contributed by atoms with Crippen LogP contribution in [0.4, 0.5) is 0 Å². The maximum atomic E-state index is 11.1. The van der Waals surface area contributed by atoms with Gasteiger partial charge in [0.2, 0.25) is 0 Å². The third-order valence-electron chi connectivity index (χ3n) is 2.18. The average Bonchev–Trinajstić information content (AvgIpc) is 2.73. The van der Waals surface area contributed by atoms with Crippen LogP contribution < -0.4 is 5.32 Å². The lowest BCUT2D eigenvalue weighted by Gasteiger charge is -2.03. The third-order valence-corrected chi connectivity index (χ3v) is 3.37. The molecule has 0 fully saturated rings. The van der Waals surface area contributed by atoms with Gasteiger partial charge in [-0.2, -0.15) is 0 Å². The molecule has 0 bridgehead atoms. The van der Waals surface area contributed by atoms with Crippen molar-refractivity contribution in [2.24, 2.45) is 0 Å². The maximum absolute atomic E-state index is 11.1. The standard InChI is InChI=1S/C12H20N2O2S/c1-4-16-11(15)5-6-13-7-10-8-17-12(14-10)9(2)3/h8-9,13H,4-7H2,1-3H3. The van der Waals surface area contributed by atoms with Gasteiger partial charge < -0.3 is 10.1 Å². The minimum atomic E-state index is -0.152. The summed E-state index contributed by atoms with van der Waals surface area (Å²) in [4.78, 5) is 15.6. The molecule has 1 heterocycles. The lowest BCUT2D eigenvalue weighted by atomic mass is 10.2. The third kappa shape index (κ3) is 5.28. The molecule has 0 amide bonds. The second kappa shape index (κ2) is 7.40. The molecule has 0 aliphatic heterocycles. The quantitative estimate of drug-likeness (QED) is 0.601. The Balaban J connectivity index is 2.19. The van der Waals surface area contributed by atoms with E-state index in [0.29, 0.717) is 32.0 Å². The first kappa shape index (κ1) is 14.1. The Bertz CT molecular complexity index is 350. The predicted molar refractivity (Wildman–Crippen MR) is 69.2 cm³/mol. The number of ether oxygens (including phenoxy) is 1. The number of aromatic nitrogens is 1.